The standard InChI is InChI=1S/C15H20N2O2S2/c1-3-19-15(18)14-11(2)21-13(17-14)10-16-8-4-6-12-7-5-9-20-12/h5,7,9,16H,3-4,6,8,10H2,1-2H3. The largest absolute Gasteiger partial charge is 0.461 e. The summed E-state index contributed by atoms with van der Waals surface area (Å²) in [6.07, 6.45) is 2.21. The molecule has 6 heteroatoms. The van der Waals surface area contributed by atoms with E-state index in [2.05, 4.69) is 27.8 Å². The first-order chi connectivity index (χ1) is 10.2. The highest BCUT2D eigenvalue weighted by atomic mass is 32.1. The number of hydrogen-bond acceptors (Lipinski definition) is 6. The second-order valence-corrected chi connectivity index (χ2v) is 6.91. The number of ether oxygens (including phenoxy) is 1. The van der Waals surface area contributed by atoms with Gasteiger partial charge in [-0.2, -0.15) is 0 Å². The molecule has 0 aliphatic rings. The lowest BCUT2D eigenvalue weighted by Crippen LogP contribution is -2.15. The van der Waals surface area contributed by atoms with Crippen molar-refractivity contribution in [2.24, 2.45) is 0 Å². The van der Waals surface area contributed by atoms with Crippen LogP contribution < -0.4 is 5.32 Å². The lowest BCUT2D eigenvalue weighted by atomic mass is 10.2. The number of nitrogens with zero attached hydrogens (tertiary/aromatic N) is 1. The molecule has 114 valence electrons. The zero-order valence-electron chi connectivity index (χ0n) is 12.3. The van der Waals surface area contributed by atoms with Crippen molar-refractivity contribution < 1.29 is 9.53 Å². The third kappa shape index (κ3) is 4.91. The summed E-state index contributed by atoms with van der Waals surface area (Å²) >= 11 is 3.35. The average molecular weight is 324 g/mol. The van der Waals surface area contributed by atoms with Gasteiger partial charge >= 0.3 is 5.97 Å². The summed E-state index contributed by atoms with van der Waals surface area (Å²) in [5, 5.41) is 6.42. The Bertz CT molecular complexity index is 564. The number of carbonyl (C=O) groups excluding carboxylic acids is 1. The van der Waals surface area contributed by atoms with Crippen molar-refractivity contribution >= 4 is 28.6 Å². The van der Waals surface area contributed by atoms with E-state index in [1.165, 1.54) is 4.88 Å². The van der Waals surface area contributed by atoms with E-state index in [1.54, 1.807) is 29.6 Å². The number of aryl methyl sites for hydroxylation is 2. The summed E-state index contributed by atoms with van der Waals surface area (Å²) < 4.78 is 4.99. The number of rotatable bonds is 8. The van der Waals surface area contributed by atoms with Crippen molar-refractivity contribution in [3.8, 4) is 0 Å². The molecule has 4 nitrogen and oxygen atoms in total. The topological polar surface area (TPSA) is 51.2 Å². The number of nitrogens with one attached hydrogen (secondary N) is 1. The highest BCUT2D eigenvalue weighted by molar-refractivity contribution is 7.11. The van der Waals surface area contributed by atoms with Crippen molar-refractivity contribution in [3.63, 3.8) is 0 Å². The third-order valence-electron chi connectivity index (χ3n) is 2.94. The van der Waals surface area contributed by atoms with E-state index in [4.69, 9.17) is 4.74 Å². The maximum Gasteiger partial charge on any atom is 0.358 e. The van der Waals surface area contributed by atoms with Gasteiger partial charge in [-0.3, -0.25) is 0 Å². The molecule has 0 spiro atoms. The van der Waals surface area contributed by atoms with Gasteiger partial charge in [-0.1, -0.05) is 6.07 Å². The van der Waals surface area contributed by atoms with Gasteiger partial charge in [0, 0.05) is 16.3 Å². The van der Waals surface area contributed by atoms with Crippen LogP contribution in [0.25, 0.3) is 0 Å². The maximum absolute atomic E-state index is 11.7. The molecule has 0 aliphatic carbocycles. The molecule has 0 aromatic carbocycles. The van der Waals surface area contributed by atoms with Crippen LogP contribution in [0.15, 0.2) is 17.5 Å². The van der Waals surface area contributed by atoms with E-state index >= 15 is 0 Å². The van der Waals surface area contributed by atoms with Gasteiger partial charge < -0.3 is 10.1 Å². The highest BCUT2D eigenvalue weighted by Gasteiger charge is 2.15. The van der Waals surface area contributed by atoms with E-state index in [0.29, 0.717) is 18.8 Å². The van der Waals surface area contributed by atoms with E-state index < -0.39 is 0 Å². The lowest BCUT2D eigenvalue weighted by molar-refractivity contribution is 0.0519. The molecular weight excluding hydrogens is 304 g/mol. The number of hydrogen-bond donors (Lipinski definition) is 1. The summed E-state index contributed by atoms with van der Waals surface area (Å²) in [6.45, 7) is 5.74. The Kier molecular flexibility index (Phi) is 6.35. The third-order valence-corrected chi connectivity index (χ3v) is 4.85. The van der Waals surface area contributed by atoms with Crippen molar-refractivity contribution in [2.45, 2.75) is 33.2 Å². The fraction of sp³-hybridized carbons (Fsp3) is 0.467. The van der Waals surface area contributed by atoms with Gasteiger partial charge in [0.1, 0.15) is 5.01 Å². The summed E-state index contributed by atoms with van der Waals surface area (Å²) in [7, 11) is 0. The normalized spacial score (nSPS) is 10.8. The first-order valence-corrected chi connectivity index (χ1v) is 8.77. The van der Waals surface area contributed by atoms with Crippen molar-refractivity contribution in [2.75, 3.05) is 13.2 Å². The lowest BCUT2D eigenvalue weighted by Gasteiger charge is -2.01. The molecular formula is C15H20N2O2S2. The predicted octanol–water partition coefficient (Wildman–Crippen LogP) is 3.41. The van der Waals surface area contributed by atoms with Crippen molar-refractivity contribution in [3.05, 3.63) is 38.0 Å². The minimum Gasteiger partial charge on any atom is -0.461 e. The molecule has 0 saturated carbocycles. The Morgan fingerprint density at radius 2 is 2.33 bits per heavy atom. The Morgan fingerprint density at radius 1 is 1.48 bits per heavy atom. The number of thiazole rings is 1. The second kappa shape index (κ2) is 8.26. The summed E-state index contributed by atoms with van der Waals surface area (Å²) in [5.74, 6) is -0.324. The Labute approximate surface area is 133 Å². The van der Waals surface area contributed by atoms with Gasteiger partial charge in [0.15, 0.2) is 5.69 Å². The van der Waals surface area contributed by atoms with Crippen LogP contribution in [-0.4, -0.2) is 24.1 Å². The molecule has 0 aliphatic heterocycles. The fourth-order valence-corrected chi connectivity index (χ4v) is 3.60. The van der Waals surface area contributed by atoms with Crippen LogP contribution in [-0.2, 0) is 17.7 Å². The minimum absolute atomic E-state index is 0.324. The Hall–Kier alpha value is -1.24. The highest BCUT2D eigenvalue weighted by Crippen LogP contribution is 2.18. The van der Waals surface area contributed by atoms with Crippen LogP contribution in [0.5, 0.6) is 0 Å². The molecule has 0 amide bonds. The molecule has 2 aromatic heterocycles. The number of carbonyl (C=O) groups is 1. The molecule has 0 saturated heterocycles. The summed E-state index contributed by atoms with van der Waals surface area (Å²) in [4.78, 5) is 18.4. The summed E-state index contributed by atoms with van der Waals surface area (Å²) in [6, 6.07) is 4.25. The molecule has 1 N–H and O–H groups in total. The van der Waals surface area contributed by atoms with Gasteiger partial charge in [0.05, 0.1) is 6.61 Å². The van der Waals surface area contributed by atoms with Crippen molar-refractivity contribution in [1.82, 2.24) is 10.3 Å². The smallest absolute Gasteiger partial charge is 0.358 e. The van der Waals surface area contributed by atoms with E-state index in [-0.39, 0.29) is 5.97 Å². The Morgan fingerprint density at radius 3 is 3.05 bits per heavy atom. The predicted molar refractivity (Wildman–Crippen MR) is 87.2 cm³/mol. The van der Waals surface area contributed by atoms with Gasteiger partial charge in [-0.15, -0.1) is 22.7 Å². The number of aromatic nitrogens is 1. The molecule has 0 radical (unpaired) electrons. The van der Waals surface area contributed by atoms with E-state index in [9.17, 15) is 4.79 Å². The molecule has 21 heavy (non-hydrogen) atoms. The monoisotopic (exact) mass is 324 g/mol. The van der Waals surface area contributed by atoms with Gasteiger partial charge in [0.2, 0.25) is 0 Å². The average Bonchev–Trinajstić information content (AvgIpc) is 3.08. The first-order valence-electron chi connectivity index (χ1n) is 7.07. The SMILES string of the molecule is CCOC(=O)c1nc(CNCCCc2cccs2)sc1C. The zero-order valence-corrected chi connectivity index (χ0v) is 14.0. The fourth-order valence-electron chi connectivity index (χ4n) is 1.95. The molecule has 2 heterocycles. The van der Waals surface area contributed by atoms with Crippen LogP contribution in [0.2, 0.25) is 0 Å². The summed E-state index contributed by atoms with van der Waals surface area (Å²) in [5.41, 5.74) is 0.456. The second-order valence-electron chi connectivity index (χ2n) is 4.59. The van der Waals surface area contributed by atoms with Gasteiger partial charge in [-0.05, 0) is 44.7 Å². The first kappa shape index (κ1) is 16.1. The van der Waals surface area contributed by atoms with Crippen LogP contribution in [0.1, 0.15) is 38.6 Å². The molecule has 0 atom stereocenters. The number of esters is 1. The minimum atomic E-state index is -0.324. The van der Waals surface area contributed by atoms with Crippen LogP contribution in [0.4, 0.5) is 0 Å². The van der Waals surface area contributed by atoms with Crippen LogP contribution in [0.3, 0.4) is 0 Å². The maximum atomic E-state index is 11.7. The van der Waals surface area contributed by atoms with Crippen LogP contribution >= 0.6 is 22.7 Å². The van der Waals surface area contributed by atoms with E-state index in [0.717, 1.165) is 29.3 Å². The quantitative estimate of drug-likeness (QED) is 0.597. The Balaban J connectivity index is 1.73. The zero-order chi connectivity index (χ0) is 15.1. The van der Waals surface area contributed by atoms with Crippen LogP contribution in [0, 0.1) is 6.92 Å². The van der Waals surface area contributed by atoms with Crippen molar-refractivity contribution in [1.29, 1.82) is 0 Å². The molecule has 0 bridgehead atoms. The molecule has 2 aromatic rings. The molecule has 2 rings (SSSR count). The molecule has 0 unspecified atom stereocenters. The number of thiophene rings is 1. The van der Waals surface area contributed by atoms with Gasteiger partial charge in [-0.25, -0.2) is 9.78 Å². The van der Waals surface area contributed by atoms with E-state index in [1.807, 2.05) is 6.92 Å². The molecule has 0 fully saturated rings. The van der Waals surface area contributed by atoms with Gasteiger partial charge in [0.25, 0.3) is 0 Å².